The van der Waals surface area contributed by atoms with E-state index in [0.717, 1.165) is 10.1 Å². The highest BCUT2D eigenvalue weighted by Crippen LogP contribution is 2.25. The predicted octanol–water partition coefficient (Wildman–Crippen LogP) is 5.58. The number of benzene rings is 3. The van der Waals surface area contributed by atoms with Crippen LogP contribution in [0.2, 0.25) is 0 Å². The van der Waals surface area contributed by atoms with Gasteiger partial charge in [-0.15, -0.1) is 11.3 Å². The molecule has 4 nitrogen and oxygen atoms in total. The maximum Gasteiger partial charge on any atom is 0.331 e. The second kappa shape index (κ2) is 10.2. The van der Waals surface area contributed by atoms with Crippen LogP contribution in [-0.4, -0.2) is 25.0 Å². The van der Waals surface area contributed by atoms with E-state index in [0.29, 0.717) is 21.6 Å². The monoisotopic (exact) mass is 463 g/mol. The topological polar surface area (TPSA) is 55.4 Å². The molecule has 0 aliphatic heterocycles. The Balaban J connectivity index is 1.39. The number of ether oxygens (including phenoxy) is 1. The average Bonchev–Trinajstić information content (AvgIpc) is 3.26. The normalized spacial score (nSPS) is 10.6. The molecule has 0 aliphatic carbocycles. The standard InChI is InChI=1S/C26H19F2NO3S/c27-20-9-5-17(6-10-20)22(18-7-11-21(28)12-8-18)16-25(30)32-14-13-29-26(31)24-15-19-3-1-2-4-23(19)33-24/h1-12,15-16H,13-14H2,(H,29,31). The molecule has 0 atom stereocenters. The van der Waals surface area contributed by atoms with Crippen molar-refractivity contribution < 1.29 is 23.1 Å². The lowest BCUT2D eigenvalue weighted by atomic mass is 9.97. The molecule has 33 heavy (non-hydrogen) atoms. The van der Waals surface area contributed by atoms with E-state index in [-0.39, 0.29) is 19.1 Å². The number of thiophene rings is 1. The van der Waals surface area contributed by atoms with Gasteiger partial charge in [-0.05, 0) is 58.5 Å². The van der Waals surface area contributed by atoms with Crippen molar-refractivity contribution >= 4 is 38.9 Å². The van der Waals surface area contributed by atoms with Gasteiger partial charge in [0, 0.05) is 10.8 Å². The predicted molar refractivity (Wildman–Crippen MR) is 125 cm³/mol. The molecule has 0 bridgehead atoms. The number of carbonyl (C=O) groups is 2. The van der Waals surface area contributed by atoms with Crippen LogP contribution in [0.5, 0.6) is 0 Å². The molecule has 1 N–H and O–H groups in total. The van der Waals surface area contributed by atoms with Crippen LogP contribution in [0.1, 0.15) is 20.8 Å². The first-order chi connectivity index (χ1) is 16.0. The van der Waals surface area contributed by atoms with Gasteiger partial charge >= 0.3 is 5.97 Å². The van der Waals surface area contributed by atoms with E-state index in [1.165, 1.54) is 65.9 Å². The number of carbonyl (C=O) groups excluding carboxylic acids is 2. The number of amides is 1. The van der Waals surface area contributed by atoms with E-state index in [9.17, 15) is 18.4 Å². The van der Waals surface area contributed by atoms with Gasteiger partial charge in [0.25, 0.3) is 5.91 Å². The summed E-state index contributed by atoms with van der Waals surface area (Å²) in [6.07, 6.45) is 1.27. The number of hydrogen-bond donors (Lipinski definition) is 1. The van der Waals surface area contributed by atoms with Gasteiger partial charge in [-0.1, -0.05) is 42.5 Å². The van der Waals surface area contributed by atoms with Gasteiger partial charge < -0.3 is 10.1 Å². The molecular weight excluding hydrogens is 444 g/mol. The first-order valence-electron chi connectivity index (χ1n) is 10.2. The van der Waals surface area contributed by atoms with Crippen molar-refractivity contribution in [3.63, 3.8) is 0 Å². The van der Waals surface area contributed by atoms with Crippen molar-refractivity contribution in [1.29, 1.82) is 0 Å². The molecule has 0 aliphatic rings. The summed E-state index contributed by atoms with van der Waals surface area (Å²) < 4.78 is 32.9. The highest BCUT2D eigenvalue weighted by Gasteiger charge is 2.12. The van der Waals surface area contributed by atoms with Crippen molar-refractivity contribution in [3.05, 3.63) is 113 Å². The fourth-order valence-electron chi connectivity index (χ4n) is 3.25. The first kappa shape index (κ1) is 22.4. The Kier molecular flexibility index (Phi) is 6.90. The SMILES string of the molecule is O=C(C=C(c1ccc(F)cc1)c1ccc(F)cc1)OCCNC(=O)c1cc2ccccc2s1. The molecule has 166 valence electrons. The van der Waals surface area contributed by atoms with E-state index in [1.54, 1.807) is 0 Å². The fraction of sp³-hybridized carbons (Fsp3) is 0.0769. The molecule has 0 saturated heterocycles. The minimum absolute atomic E-state index is 0.0217. The Morgan fingerprint density at radius 2 is 1.48 bits per heavy atom. The highest BCUT2D eigenvalue weighted by atomic mass is 32.1. The number of nitrogens with one attached hydrogen (secondary N) is 1. The summed E-state index contributed by atoms with van der Waals surface area (Å²) in [5.41, 5.74) is 1.63. The van der Waals surface area contributed by atoms with Crippen LogP contribution in [0.15, 0.2) is 84.9 Å². The van der Waals surface area contributed by atoms with Crippen molar-refractivity contribution in [2.75, 3.05) is 13.2 Å². The smallest absolute Gasteiger partial charge is 0.331 e. The summed E-state index contributed by atoms with van der Waals surface area (Å²) in [5.74, 6) is -1.68. The first-order valence-corrected chi connectivity index (χ1v) is 11.0. The van der Waals surface area contributed by atoms with E-state index in [2.05, 4.69) is 5.32 Å². The van der Waals surface area contributed by atoms with Gasteiger partial charge in [-0.25, -0.2) is 13.6 Å². The lowest BCUT2D eigenvalue weighted by Crippen LogP contribution is -2.27. The van der Waals surface area contributed by atoms with Crippen LogP contribution in [0, 0.1) is 11.6 Å². The van der Waals surface area contributed by atoms with Crippen molar-refractivity contribution in [2.45, 2.75) is 0 Å². The molecule has 1 heterocycles. The molecule has 3 aromatic carbocycles. The number of rotatable bonds is 7. The van der Waals surface area contributed by atoms with E-state index >= 15 is 0 Å². The summed E-state index contributed by atoms with van der Waals surface area (Å²) in [5, 5.41) is 3.73. The Bertz CT molecular complexity index is 1230. The highest BCUT2D eigenvalue weighted by molar-refractivity contribution is 7.20. The second-order valence-electron chi connectivity index (χ2n) is 7.14. The molecule has 0 spiro atoms. The molecule has 0 radical (unpaired) electrons. The van der Waals surface area contributed by atoms with Crippen molar-refractivity contribution in [3.8, 4) is 0 Å². The molecule has 0 fully saturated rings. The van der Waals surface area contributed by atoms with Crippen molar-refractivity contribution in [2.24, 2.45) is 0 Å². The lowest BCUT2D eigenvalue weighted by molar-refractivity contribution is -0.137. The zero-order chi connectivity index (χ0) is 23.2. The summed E-state index contributed by atoms with van der Waals surface area (Å²) in [6.45, 7) is 0.126. The van der Waals surface area contributed by atoms with Crippen LogP contribution in [0.4, 0.5) is 8.78 Å². The average molecular weight is 464 g/mol. The van der Waals surface area contributed by atoms with Crippen LogP contribution in [0.25, 0.3) is 15.7 Å². The van der Waals surface area contributed by atoms with Crippen LogP contribution in [-0.2, 0) is 9.53 Å². The Morgan fingerprint density at radius 1 is 0.879 bits per heavy atom. The quantitative estimate of drug-likeness (QED) is 0.221. The van der Waals surface area contributed by atoms with Crippen molar-refractivity contribution in [1.82, 2.24) is 5.32 Å². The Labute approximate surface area is 193 Å². The third-order valence-corrected chi connectivity index (χ3v) is 5.97. The van der Waals surface area contributed by atoms with E-state index in [4.69, 9.17) is 4.74 Å². The minimum atomic E-state index is -0.630. The summed E-state index contributed by atoms with van der Waals surface area (Å²) in [7, 11) is 0. The lowest BCUT2D eigenvalue weighted by Gasteiger charge is -2.09. The summed E-state index contributed by atoms with van der Waals surface area (Å²) >= 11 is 1.39. The van der Waals surface area contributed by atoms with Crippen LogP contribution < -0.4 is 5.32 Å². The minimum Gasteiger partial charge on any atom is -0.461 e. The third-order valence-electron chi connectivity index (χ3n) is 4.85. The molecular formula is C26H19F2NO3S. The summed E-state index contributed by atoms with van der Waals surface area (Å²) in [6, 6.07) is 20.8. The third kappa shape index (κ3) is 5.70. The van der Waals surface area contributed by atoms with Gasteiger partial charge in [0.05, 0.1) is 11.4 Å². The zero-order valence-corrected chi connectivity index (χ0v) is 18.2. The number of halogens is 2. The number of fused-ring (bicyclic) bond motifs is 1. The van der Waals surface area contributed by atoms with Crippen LogP contribution in [0.3, 0.4) is 0 Å². The maximum absolute atomic E-state index is 13.3. The molecule has 4 rings (SSSR count). The largest absolute Gasteiger partial charge is 0.461 e. The summed E-state index contributed by atoms with van der Waals surface area (Å²) in [4.78, 5) is 25.3. The fourth-order valence-corrected chi connectivity index (χ4v) is 4.23. The zero-order valence-electron chi connectivity index (χ0n) is 17.4. The maximum atomic E-state index is 13.3. The molecule has 4 aromatic rings. The molecule has 1 amide bonds. The molecule has 0 unspecified atom stereocenters. The number of hydrogen-bond acceptors (Lipinski definition) is 4. The van der Waals surface area contributed by atoms with Gasteiger partial charge in [0.15, 0.2) is 0 Å². The van der Waals surface area contributed by atoms with Crippen LogP contribution >= 0.6 is 11.3 Å². The van der Waals surface area contributed by atoms with Gasteiger partial charge in [0.2, 0.25) is 0 Å². The van der Waals surface area contributed by atoms with E-state index < -0.39 is 17.6 Å². The van der Waals surface area contributed by atoms with Gasteiger partial charge in [-0.2, -0.15) is 0 Å². The second-order valence-corrected chi connectivity index (χ2v) is 8.23. The molecule has 7 heteroatoms. The number of esters is 1. The van der Waals surface area contributed by atoms with Gasteiger partial charge in [0.1, 0.15) is 18.2 Å². The van der Waals surface area contributed by atoms with E-state index in [1.807, 2.05) is 30.3 Å². The Morgan fingerprint density at radius 3 is 2.09 bits per heavy atom. The molecule has 1 aromatic heterocycles. The molecule has 0 saturated carbocycles. The Hall–Kier alpha value is -3.84. The van der Waals surface area contributed by atoms with Gasteiger partial charge in [-0.3, -0.25) is 4.79 Å².